The summed E-state index contributed by atoms with van der Waals surface area (Å²) in [5.74, 6) is -1.15. The van der Waals surface area contributed by atoms with Crippen LogP contribution in [0.3, 0.4) is 0 Å². The van der Waals surface area contributed by atoms with E-state index >= 15 is 0 Å². The van der Waals surface area contributed by atoms with Gasteiger partial charge in [-0.3, -0.25) is 0 Å². The Balaban J connectivity index is 3.72. The summed E-state index contributed by atoms with van der Waals surface area (Å²) in [5.41, 5.74) is 5.21. The monoisotopic (exact) mass is 130 g/mol. The molecule has 2 atom stereocenters. The van der Waals surface area contributed by atoms with Crippen LogP contribution >= 0.6 is 0 Å². The summed E-state index contributed by atoms with van der Waals surface area (Å²) < 4.78 is 0. The van der Waals surface area contributed by atoms with E-state index in [9.17, 15) is 9.90 Å². The smallest absolute Gasteiger partial charge is 0.318 e. The third kappa shape index (κ3) is 2.46. The fourth-order valence-electron chi connectivity index (χ4n) is 0.486. The van der Waals surface area contributed by atoms with Gasteiger partial charge in [-0.25, -0.2) is 9.90 Å². The van der Waals surface area contributed by atoms with Crippen molar-refractivity contribution in [1.82, 2.24) is 0 Å². The molecule has 0 aromatic rings. The van der Waals surface area contributed by atoms with Gasteiger partial charge in [0.2, 0.25) is 0 Å². The summed E-state index contributed by atoms with van der Waals surface area (Å²) in [6.07, 6.45) is 0.773. The molecular formula is C6H12NO2. The molecule has 3 nitrogen and oxygen atoms in total. The van der Waals surface area contributed by atoms with Gasteiger partial charge in [-0.05, 0) is 5.92 Å². The lowest BCUT2D eigenvalue weighted by Crippen LogP contribution is -2.35. The second-order valence-corrected chi connectivity index (χ2v) is 2.23. The minimum absolute atomic E-state index is 0.00926. The molecule has 0 saturated carbocycles. The highest BCUT2D eigenvalue weighted by Gasteiger charge is 2.19. The molecule has 0 aromatic heterocycles. The highest BCUT2D eigenvalue weighted by atomic mass is 16.4. The summed E-state index contributed by atoms with van der Waals surface area (Å²) in [6, 6.07) is -0.810. The van der Waals surface area contributed by atoms with E-state index in [1.807, 2.05) is 6.92 Å². The predicted octanol–water partition coefficient (Wildman–Crippen LogP) is 0.317. The summed E-state index contributed by atoms with van der Waals surface area (Å²) in [7, 11) is 0. The van der Waals surface area contributed by atoms with E-state index in [0.717, 1.165) is 6.42 Å². The molecule has 0 spiro atoms. The van der Waals surface area contributed by atoms with E-state index in [-0.39, 0.29) is 5.92 Å². The first-order valence-electron chi connectivity index (χ1n) is 3.06. The molecule has 0 rings (SSSR count). The van der Waals surface area contributed by atoms with Crippen LogP contribution in [0.25, 0.3) is 0 Å². The van der Waals surface area contributed by atoms with E-state index in [4.69, 9.17) is 5.73 Å². The number of nitrogens with two attached hydrogens (primary N) is 1. The van der Waals surface area contributed by atoms with Crippen LogP contribution in [-0.2, 0) is 9.90 Å². The summed E-state index contributed by atoms with van der Waals surface area (Å²) in [4.78, 5) is 10.1. The Labute approximate surface area is 54.9 Å². The molecule has 0 aliphatic carbocycles. The topological polar surface area (TPSA) is 63.0 Å². The van der Waals surface area contributed by atoms with E-state index in [1.165, 1.54) is 0 Å². The molecule has 3 heteroatoms. The molecular weight excluding hydrogens is 118 g/mol. The molecule has 0 fully saturated rings. The van der Waals surface area contributed by atoms with Crippen LogP contribution in [0, 0.1) is 5.92 Å². The van der Waals surface area contributed by atoms with Crippen molar-refractivity contribution in [1.29, 1.82) is 0 Å². The van der Waals surface area contributed by atoms with E-state index < -0.39 is 12.0 Å². The van der Waals surface area contributed by atoms with E-state index in [0.29, 0.717) is 0 Å². The molecule has 0 aliphatic heterocycles. The van der Waals surface area contributed by atoms with E-state index in [1.54, 1.807) is 6.92 Å². The first kappa shape index (κ1) is 8.43. The normalized spacial score (nSPS) is 16.8. The van der Waals surface area contributed by atoms with Crippen molar-refractivity contribution < 1.29 is 9.90 Å². The van der Waals surface area contributed by atoms with Gasteiger partial charge in [0, 0.05) is 0 Å². The minimum Gasteiger partial charge on any atom is -0.318 e. The fourth-order valence-corrected chi connectivity index (χ4v) is 0.486. The minimum atomic E-state index is -1.16. The van der Waals surface area contributed by atoms with Gasteiger partial charge in [0.15, 0.2) is 0 Å². The van der Waals surface area contributed by atoms with Crippen LogP contribution in [0.15, 0.2) is 0 Å². The Morgan fingerprint density at radius 3 is 2.22 bits per heavy atom. The molecule has 0 unspecified atom stereocenters. The Hall–Kier alpha value is -0.570. The van der Waals surface area contributed by atoms with Gasteiger partial charge < -0.3 is 5.73 Å². The largest absolute Gasteiger partial charge is 0.372 e. The van der Waals surface area contributed by atoms with Crippen LogP contribution in [0.4, 0.5) is 0 Å². The average molecular weight is 130 g/mol. The second-order valence-electron chi connectivity index (χ2n) is 2.23. The second kappa shape index (κ2) is 3.45. The zero-order valence-corrected chi connectivity index (χ0v) is 5.76. The van der Waals surface area contributed by atoms with Gasteiger partial charge in [-0.1, -0.05) is 20.3 Å². The Kier molecular flexibility index (Phi) is 3.24. The lowest BCUT2D eigenvalue weighted by atomic mass is 10.0. The van der Waals surface area contributed by atoms with Crippen molar-refractivity contribution in [2.75, 3.05) is 0 Å². The lowest BCUT2D eigenvalue weighted by molar-refractivity contribution is -0.145. The maximum Gasteiger partial charge on any atom is 0.372 e. The van der Waals surface area contributed by atoms with Crippen LogP contribution in [0.5, 0.6) is 0 Å². The molecule has 9 heavy (non-hydrogen) atoms. The number of hydrogen-bond donors (Lipinski definition) is 1. The number of carbonyl (C=O) groups is 1. The van der Waals surface area contributed by atoms with Crippen molar-refractivity contribution in [3.8, 4) is 0 Å². The van der Waals surface area contributed by atoms with Crippen molar-refractivity contribution in [2.45, 2.75) is 26.3 Å². The summed E-state index contributed by atoms with van der Waals surface area (Å²) >= 11 is 0. The first-order chi connectivity index (χ1) is 4.09. The highest BCUT2D eigenvalue weighted by Crippen LogP contribution is 2.04. The predicted molar refractivity (Wildman–Crippen MR) is 33.1 cm³/mol. The zero-order valence-electron chi connectivity index (χ0n) is 5.76. The van der Waals surface area contributed by atoms with Gasteiger partial charge in [0.05, 0.1) is 0 Å². The highest BCUT2D eigenvalue weighted by molar-refractivity contribution is 5.72. The number of rotatable bonds is 3. The molecule has 1 radical (unpaired) electrons. The third-order valence-corrected chi connectivity index (χ3v) is 1.53. The molecule has 0 aromatic carbocycles. The standard InChI is InChI=1S/C6H12NO2/c1-3-4(2)5(7)6(8)9/h4-5H,3,7H2,1-2H3/t4-,5-/m0/s1. The van der Waals surface area contributed by atoms with Gasteiger partial charge in [-0.2, -0.15) is 0 Å². The molecule has 0 bridgehead atoms. The Morgan fingerprint density at radius 1 is 1.67 bits per heavy atom. The Morgan fingerprint density at radius 2 is 2.11 bits per heavy atom. The quantitative estimate of drug-likeness (QED) is 0.597. The van der Waals surface area contributed by atoms with Crippen molar-refractivity contribution in [3.63, 3.8) is 0 Å². The summed E-state index contributed by atoms with van der Waals surface area (Å²) in [6.45, 7) is 3.69. The van der Waals surface area contributed by atoms with Crippen molar-refractivity contribution >= 4 is 5.97 Å². The zero-order chi connectivity index (χ0) is 7.44. The van der Waals surface area contributed by atoms with Gasteiger partial charge >= 0.3 is 5.97 Å². The molecule has 2 N–H and O–H groups in total. The maximum absolute atomic E-state index is 10.1. The molecule has 0 amide bonds. The van der Waals surface area contributed by atoms with Gasteiger partial charge in [0.25, 0.3) is 0 Å². The van der Waals surface area contributed by atoms with Crippen LogP contribution < -0.4 is 5.73 Å². The SMILES string of the molecule is CC[C@H](C)[C@H](N)C([O])=O. The maximum atomic E-state index is 10.1. The average Bonchev–Trinajstić information content (AvgIpc) is 1.84. The van der Waals surface area contributed by atoms with E-state index in [2.05, 4.69) is 0 Å². The molecule has 0 saturated heterocycles. The lowest BCUT2D eigenvalue weighted by Gasteiger charge is -2.10. The Bertz CT molecular complexity index is 103. The van der Waals surface area contributed by atoms with Gasteiger partial charge in [-0.15, -0.1) is 0 Å². The van der Waals surface area contributed by atoms with Crippen LogP contribution in [0.2, 0.25) is 0 Å². The van der Waals surface area contributed by atoms with Crippen molar-refractivity contribution in [2.24, 2.45) is 11.7 Å². The van der Waals surface area contributed by atoms with Crippen LogP contribution in [-0.4, -0.2) is 12.0 Å². The molecule has 0 heterocycles. The van der Waals surface area contributed by atoms with Crippen molar-refractivity contribution in [3.05, 3.63) is 0 Å². The molecule has 0 aliphatic rings. The summed E-state index contributed by atoms with van der Waals surface area (Å²) in [5, 5.41) is 10.1. The number of carbonyl (C=O) groups excluding carboxylic acids is 1. The first-order valence-corrected chi connectivity index (χ1v) is 3.06. The number of hydrogen-bond acceptors (Lipinski definition) is 2. The molecule has 53 valence electrons. The fraction of sp³-hybridized carbons (Fsp3) is 0.833. The van der Waals surface area contributed by atoms with Crippen LogP contribution in [0.1, 0.15) is 20.3 Å². The van der Waals surface area contributed by atoms with Gasteiger partial charge in [0.1, 0.15) is 6.04 Å². The third-order valence-electron chi connectivity index (χ3n) is 1.53.